The van der Waals surface area contributed by atoms with Crippen molar-refractivity contribution in [3.8, 4) is 0 Å². The van der Waals surface area contributed by atoms with Gasteiger partial charge in [-0.3, -0.25) is 10.1 Å². The summed E-state index contributed by atoms with van der Waals surface area (Å²) in [6.45, 7) is 4.34. The zero-order valence-corrected chi connectivity index (χ0v) is 11.3. The Kier molecular flexibility index (Phi) is 5.42. The first kappa shape index (κ1) is 14.1. The number of nitrogens with zero attached hydrogens (tertiary/aromatic N) is 1. The average molecular weight is 265 g/mol. The fourth-order valence-electron chi connectivity index (χ4n) is 2.57. The van der Waals surface area contributed by atoms with Gasteiger partial charge in [0.15, 0.2) is 0 Å². The topological polar surface area (TPSA) is 68.4 Å². The molecular formula is C14H23N3O2. The Morgan fingerprint density at radius 1 is 1.42 bits per heavy atom. The zero-order chi connectivity index (χ0) is 13.5. The number of aromatic amines is 1. The maximum Gasteiger partial charge on any atom is 0.326 e. The Labute approximate surface area is 114 Å². The lowest BCUT2D eigenvalue weighted by atomic mass is 10.2. The molecular weight excluding hydrogens is 242 g/mol. The van der Waals surface area contributed by atoms with E-state index in [1.54, 1.807) is 12.3 Å². The minimum Gasteiger partial charge on any atom is -0.480 e. The molecule has 1 aromatic heterocycles. The number of carbonyl (C=O) groups is 1. The molecule has 1 aromatic rings. The maximum atomic E-state index is 11.2. The molecule has 106 valence electrons. The van der Waals surface area contributed by atoms with Gasteiger partial charge in [-0.15, -0.1) is 0 Å². The highest BCUT2D eigenvalue weighted by molar-refractivity contribution is 5.74. The Hall–Kier alpha value is -1.33. The average Bonchev–Trinajstić information content (AvgIpc) is 3.05. The summed E-state index contributed by atoms with van der Waals surface area (Å²) in [4.78, 5) is 16.6. The van der Waals surface area contributed by atoms with E-state index in [1.165, 1.54) is 25.9 Å². The Morgan fingerprint density at radius 2 is 2.21 bits per heavy atom. The fourth-order valence-corrected chi connectivity index (χ4v) is 2.57. The molecule has 0 saturated carbocycles. The van der Waals surface area contributed by atoms with Crippen molar-refractivity contribution < 1.29 is 9.90 Å². The third-order valence-electron chi connectivity index (χ3n) is 3.63. The van der Waals surface area contributed by atoms with Crippen molar-refractivity contribution in [2.24, 2.45) is 0 Å². The molecule has 1 atom stereocenters. The van der Waals surface area contributed by atoms with Gasteiger partial charge in [-0.05, 0) is 64.0 Å². The van der Waals surface area contributed by atoms with E-state index in [0.717, 1.165) is 25.9 Å². The van der Waals surface area contributed by atoms with Crippen LogP contribution in [0.2, 0.25) is 0 Å². The van der Waals surface area contributed by atoms with Gasteiger partial charge in [0.1, 0.15) is 6.04 Å². The van der Waals surface area contributed by atoms with E-state index in [9.17, 15) is 9.90 Å². The summed E-state index contributed by atoms with van der Waals surface area (Å²) in [6, 6.07) is 3.00. The molecule has 19 heavy (non-hydrogen) atoms. The summed E-state index contributed by atoms with van der Waals surface area (Å²) in [6.07, 6.45) is 6.55. The number of carboxylic acids is 1. The van der Waals surface area contributed by atoms with Crippen molar-refractivity contribution >= 4 is 5.97 Å². The van der Waals surface area contributed by atoms with Gasteiger partial charge in [0.05, 0.1) is 0 Å². The first-order chi connectivity index (χ1) is 9.27. The van der Waals surface area contributed by atoms with Gasteiger partial charge >= 0.3 is 5.97 Å². The summed E-state index contributed by atoms with van der Waals surface area (Å²) in [5.74, 6) is -0.831. The van der Waals surface area contributed by atoms with Gasteiger partial charge in [-0.1, -0.05) is 0 Å². The van der Waals surface area contributed by atoms with E-state index in [-0.39, 0.29) is 0 Å². The van der Waals surface area contributed by atoms with Crippen LogP contribution in [0.3, 0.4) is 0 Å². The van der Waals surface area contributed by atoms with Crippen molar-refractivity contribution in [3.05, 3.63) is 24.0 Å². The SMILES string of the molecule is O=C(O)C(NCCCCN1CCCC1)c1ccc[nH]1. The summed E-state index contributed by atoms with van der Waals surface area (Å²) >= 11 is 0. The van der Waals surface area contributed by atoms with Crippen LogP contribution in [-0.4, -0.2) is 47.1 Å². The summed E-state index contributed by atoms with van der Waals surface area (Å²) in [7, 11) is 0. The molecule has 2 heterocycles. The number of H-pyrrole nitrogens is 1. The second-order valence-corrected chi connectivity index (χ2v) is 5.11. The number of rotatable bonds is 8. The number of unbranched alkanes of at least 4 members (excludes halogenated alkanes) is 1. The Balaban J connectivity index is 1.64. The lowest BCUT2D eigenvalue weighted by Gasteiger charge is -2.16. The summed E-state index contributed by atoms with van der Waals surface area (Å²) < 4.78 is 0. The van der Waals surface area contributed by atoms with Gasteiger partial charge in [0.25, 0.3) is 0 Å². The quantitative estimate of drug-likeness (QED) is 0.625. The molecule has 1 aliphatic heterocycles. The third-order valence-corrected chi connectivity index (χ3v) is 3.63. The molecule has 1 fully saturated rings. The molecule has 5 heteroatoms. The maximum absolute atomic E-state index is 11.2. The van der Waals surface area contributed by atoms with Crippen LogP contribution >= 0.6 is 0 Å². The minimum absolute atomic E-state index is 0.623. The summed E-state index contributed by atoms with van der Waals surface area (Å²) in [5.41, 5.74) is 0.715. The standard InChI is InChI=1S/C14H23N3O2/c18-14(19)13(12-6-5-8-15-12)16-7-1-2-9-17-10-3-4-11-17/h5-6,8,13,15-16H,1-4,7,9-11H2,(H,18,19). The smallest absolute Gasteiger partial charge is 0.326 e. The van der Waals surface area contributed by atoms with Crippen LogP contribution < -0.4 is 5.32 Å². The van der Waals surface area contributed by atoms with E-state index in [4.69, 9.17) is 0 Å². The lowest BCUT2D eigenvalue weighted by Crippen LogP contribution is -2.30. The number of nitrogens with one attached hydrogen (secondary N) is 2. The second-order valence-electron chi connectivity index (χ2n) is 5.11. The first-order valence-corrected chi connectivity index (χ1v) is 7.09. The van der Waals surface area contributed by atoms with E-state index in [0.29, 0.717) is 5.69 Å². The molecule has 1 unspecified atom stereocenters. The number of aliphatic carboxylic acids is 1. The Bertz CT molecular complexity index is 372. The van der Waals surface area contributed by atoms with Gasteiger partial charge in [-0.25, -0.2) is 0 Å². The second kappa shape index (κ2) is 7.31. The highest BCUT2D eigenvalue weighted by Gasteiger charge is 2.19. The van der Waals surface area contributed by atoms with E-state index < -0.39 is 12.0 Å². The van der Waals surface area contributed by atoms with Crippen molar-refractivity contribution in [1.82, 2.24) is 15.2 Å². The molecule has 3 N–H and O–H groups in total. The van der Waals surface area contributed by atoms with Crippen molar-refractivity contribution in [3.63, 3.8) is 0 Å². The number of hydrogen-bond acceptors (Lipinski definition) is 3. The van der Waals surface area contributed by atoms with E-state index in [1.807, 2.05) is 6.07 Å². The zero-order valence-electron chi connectivity index (χ0n) is 11.3. The van der Waals surface area contributed by atoms with Gasteiger partial charge in [0.2, 0.25) is 0 Å². The summed E-state index contributed by atoms with van der Waals surface area (Å²) in [5, 5.41) is 12.3. The molecule has 0 bridgehead atoms. The molecule has 0 radical (unpaired) electrons. The highest BCUT2D eigenvalue weighted by Crippen LogP contribution is 2.11. The van der Waals surface area contributed by atoms with Gasteiger partial charge in [-0.2, -0.15) is 0 Å². The van der Waals surface area contributed by atoms with Crippen molar-refractivity contribution in [2.75, 3.05) is 26.2 Å². The van der Waals surface area contributed by atoms with Crippen LogP contribution in [0.25, 0.3) is 0 Å². The van der Waals surface area contributed by atoms with Crippen LogP contribution in [-0.2, 0) is 4.79 Å². The van der Waals surface area contributed by atoms with Gasteiger partial charge < -0.3 is 15.0 Å². The van der Waals surface area contributed by atoms with Crippen LogP contribution in [0, 0.1) is 0 Å². The van der Waals surface area contributed by atoms with Gasteiger partial charge in [0, 0.05) is 11.9 Å². The third kappa shape index (κ3) is 4.36. The van der Waals surface area contributed by atoms with Crippen molar-refractivity contribution in [2.45, 2.75) is 31.7 Å². The minimum atomic E-state index is -0.831. The van der Waals surface area contributed by atoms with Crippen LogP contribution in [0.1, 0.15) is 37.4 Å². The molecule has 1 aliphatic rings. The molecule has 0 aliphatic carbocycles. The largest absolute Gasteiger partial charge is 0.480 e. The lowest BCUT2D eigenvalue weighted by molar-refractivity contribution is -0.139. The van der Waals surface area contributed by atoms with Crippen LogP contribution in [0.5, 0.6) is 0 Å². The normalized spacial score (nSPS) is 17.7. The van der Waals surface area contributed by atoms with Crippen LogP contribution in [0.15, 0.2) is 18.3 Å². The molecule has 5 nitrogen and oxygen atoms in total. The van der Waals surface area contributed by atoms with E-state index in [2.05, 4.69) is 15.2 Å². The Morgan fingerprint density at radius 3 is 2.84 bits per heavy atom. The highest BCUT2D eigenvalue weighted by atomic mass is 16.4. The van der Waals surface area contributed by atoms with E-state index >= 15 is 0 Å². The number of aromatic nitrogens is 1. The fraction of sp³-hybridized carbons (Fsp3) is 0.643. The predicted octanol–water partition coefficient (Wildman–Crippen LogP) is 1.61. The first-order valence-electron chi connectivity index (χ1n) is 7.09. The molecule has 2 rings (SSSR count). The number of carboxylic acid groups (broad SMARTS) is 1. The molecule has 0 aromatic carbocycles. The monoisotopic (exact) mass is 265 g/mol. The number of hydrogen-bond donors (Lipinski definition) is 3. The molecule has 1 saturated heterocycles. The van der Waals surface area contributed by atoms with Crippen LogP contribution in [0.4, 0.5) is 0 Å². The molecule has 0 amide bonds. The number of likely N-dealkylation sites (tertiary alicyclic amines) is 1. The van der Waals surface area contributed by atoms with Crippen molar-refractivity contribution in [1.29, 1.82) is 0 Å². The predicted molar refractivity (Wildman–Crippen MR) is 74.1 cm³/mol. The molecule has 0 spiro atoms.